The van der Waals surface area contributed by atoms with Crippen LogP contribution in [-0.2, 0) is 9.59 Å². The third kappa shape index (κ3) is 1.90. The third-order valence-corrected chi connectivity index (χ3v) is 5.65. The van der Waals surface area contributed by atoms with Gasteiger partial charge in [0, 0.05) is 9.13 Å². The Balaban J connectivity index is 1.62. The van der Waals surface area contributed by atoms with E-state index in [1.165, 1.54) is 0 Å². The number of benzene rings is 1. The molecule has 2 bridgehead atoms. The van der Waals surface area contributed by atoms with Gasteiger partial charge in [0.25, 0.3) is 11.8 Å². The van der Waals surface area contributed by atoms with Gasteiger partial charge in [-0.2, -0.15) is 10.1 Å². The zero-order valence-electron chi connectivity index (χ0n) is 11.1. The standard InChI is InChI=1S/C16H13IN2O2/c17-12-4-2-1-3-11(12)8-18-19-15(20)13-9-5-6-10(7-9)14(13)16(19)21/h1-6,8-10,13-14H,7H2/b18-8-/t9-,10-,13-,14+/m1/s1. The summed E-state index contributed by atoms with van der Waals surface area (Å²) in [7, 11) is 0. The first-order chi connectivity index (χ1) is 10.2. The number of allylic oxidation sites excluding steroid dienone is 2. The number of hydrogen-bond donors (Lipinski definition) is 0. The van der Waals surface area contributed by atoms with E-state index in [0.29, 0.717) is 0 Å². The summed E-state index contributed by atoms with van der Waals surface area (Å²) in [6.07, 6.45) is 6.73. The predicted octanol–water partition coefficient (Wildman–Crippen LogP) is 2.43. The van der Waals surface area contributed by atoms with Crippen LogP contribution in [0.3, 0.4) is 0 Å². The first-order valence-electron chi connectivity index (χ1n) is 7.01. The Morgan fingerprint density at radius 3 is 2.33 bits per heavy atom. The summed E-state index contributed by atoms with van der Waals surface area (Å²) in [5.74, 6) is -0.172. The van der Waals surface area contributed by atoms with E-state index in [9.17, 15) is 9.59 Å². The molecule has 3 aliphatic rings. The van der Waals surface area contributed by atoms with Gasteiger partial charge < -0.3 is 0 Å². The lowest BCUT2D eigenvalue weighted by Gasteiger charge is -2.13. The Morgan fingerprint density at radius 1 is 1.10 bits per heavy atom. The molecule has 106 valence electrons. The van der Waals surface area contributed by atoms with Gasteiger partial charge in [0.2, 0.25) is 0 Å². The molecule has 5 heteroatoms. The molecule has 4 rings (SSSR count). The van der Waals surface area contributed by atoms with Crippen LogP contribution in [0.25, 0.3) is 0 Å². The van der Waals surface area contributed by atoms with E-state index in [1.54, 1.807) is 6.21 Å². The Hall–Kier alpha value is -1.50. The van der Waals surface area contributed by atoms with Gasteiger partial charge in [-0.05, 0) is 46.9 Å². The van der Waals surface area contributed by atoms with Crippen molar-refractivity contribution in [3.05, 3.63) is 45.6 Å². The molecule has 1 heterocycles. The van der Waals surface area contributed by atoms with Crippen LogP contribution in [0.15, 0.2) is 41.5 Å². The summed E-state index contributed by atoms with van der Waals surface area (Å²) < 4.78 is 1.04. The maximum Gasteiger partial charge on any atom is 0.254 e. The smallest absolute Gasteiger partial charge is 0.254 e. The van der Waals surface area contributed by atoms with Crippen molar-refractivity contribution in [3.63, 3.8) is 0 Å². The SMILES string of the molecule is O=C1[C@@H]2[C@H](C(=O)N1/N=C\c1ccccc1I)[C@@H]1C=C[C@@H]2C1. The van der Waals surface area contributed by atoms with Crippen molar-refractivity contribution < 1.29 is 9.59 Å². The van der Waals surface area contributed by atoms with Crippen LogP contribution in [0.4, 0.5) is 0 Å². The summed E-state index contributed by atoms with van der Waals surface area (Å²) in [5, 5.41) is 5.26. The third-order valence-electron chi connectivity index (χ3n) is 4.66. The Bertz CT molecular complexity index is 667. The molecule has 0 aromatic heterocycles. The lowest BCUT2D eigenvalue weighted by molar-refractivity contribution is -0.140. The molecule has 2 amide bonds. The van der Waals surface area contributed by atoms with Gasteiger partial charge in [-0.15, -0.1) is 0 Å². The molecule has 1 saturated heterocycles. The van der Waals surface area contributed by atoms with Gasteiger partial charge in [-0.1, -0.05) is 30.4 Å². The van der Waals surface area contributed by atoms with Gasteiger partial charge in [0.1, 0.15) is 0 Å². The molecule has 0 unspecified atom stereocenters. The van der Waals surface area contributed by atoms with Gasteiger partial charge in [0.05, 0.1) is 18.1 Å². The quantitative estimate of drug-likeness (QED) is 0.336. The molecule has 1 aromatic carbocycles. The number of carbonyl (C=O) groups excluding carboxylic acids is 2. The van der Waals surface area contributed by atoms with Crippen molar-refractivity contribution in [1.29, 1.82) is 0 Å². The molecule has 2 fully saturated rings. The lowest BCUT2D eigenvalue weighted by atomic mass is 9.85. The van der Waals surface area contributed by atoms with E-state index < -0.39 is 0 Å². The van der Waals surface area contributed by atoms with Gasteiger partial charge in [0.15, 0.2) is 0 Å². The second-order valence-electron chi connectivity index (χ2n) is 5.75. The molecule has 1 saturated carbocycles. The lowest BCUT2D eigenvalue weighted by Crippen LogP contribution is -2.28. The van der Waals surface area contributed by atoms with Crippen molar-refractivity contribution in [2.24, 2.45) is 28.8 Å². The van der Waals surface area contributed by atoms with E-state index in [0.717, 1.165) is 20.6 Å². The van der Waals surface area contributed by atoms with Crippen molar-refractivity contribution in [2.75, 3.05) is 0 Å². The van der Waals surface area contributed by atoms with Crippen molar-refractivity contribution in [1.82, 2.24) is 5.01 Å². The second-order valence-corrected chi connectivity index (χ2v) is 6.92. The zero-order chi connectivity index (χ0) is 14.6. The van der Waals surface area contributed by atoms with Crippen LogP contribution >= 0.6 is 22.6 Å². The summed E-state index contributed by atoms with van der Waals surface area (Å²) in [6, 6.07) is 7.74. The topological polar surface area (TPSA) is 49.7 Å². The van der Waals surface area contributed by atoms with Crippen LogP contribution in [-0.4, -0.2) is 23.0 Å². The number of hydrazone groups is 1. The van der Waals surface area contributed by atoms with Gasteiger partial charge in [-0.3, -0.25) is 9.59 Å². The molecule has 1 aliphatic heterocycles. The zero-order valence-corrected chi connectivity index (χ0v) is 13.3. The molecule has 0 spiro atoms. The van der Waals surface area contributed by atoms with E-state index in [-0.39, 0.29) is 35.5 Å². The van der Waals surface area contributed by atoms with Crippen LogP contribution in [0.5, 0.6) is 0 Å². The number of hydrogen-bond acceptors (Lipinski definition) is 3. The average Bonchev–Trinajstić information content (AvgIpc) is 3.14. The first-order valence-corrected chi connectivity index (χ1v) is 8.09. The molecular weight excluding hydrogens is 379 g/mol. The number of imide groups is 1. The molecule has 2 aliphatic carbocycles. The summed E-state index contributed by atoms with van der Waals surface area (Å²) in [4.78, 5) is 24.9. The largest absolute Gasteiger partial charge is 0.272 e. The first kappa shape index (κ1) is 13.2. The number of rotatable bonds is 2. The van der Waals surface area contributed by atoms with E-state index in [4.69, 9.17) is 0 Å². The molecule has 21 heavy (non-hydrogen) atoms. The van der Waals surface area contributed by atoms with Crippen LogP contribution in [0, 0.1) is 27.2 Å². The van der Waals surface area contributed by atoms with Gasteiger partial charge in [-0.25, -0.2) is 0 Å². The number of amides is 2. The molecule has 0 N–H and O–H groups in total. The number of fused-ring (bicyclic) bond motifs is 5. The average molecular weight is 392 g/mol. The highest BCUT2D eigenvalue weighted by molar-refractivity contribution is 14.1. The highest BCUT2D eigenvalue weighted by Gasteiger charge is 2.59. The van der Waals surface area contributed by atoms with E-state index in [1.807, 2.05) is 24.3 Å². The number of nitrogens with zero attached hydrogens (tertiary/aromatic N) is 2. The van der Waals surface area contributed by atoms with Gasteiger partial charge >= 0.3 is 0 Å². The van der Waals surface area contributed by atoms with Crippen molar-refractivity contribution in [2.45, 2.75) is 6.42 Å². The fourth-order valence-electron chi connectivity index (χ4n) is 3.70. The number of halogens is 1. The molecular formula is C16H13IN2O2. The summed E-state index contributed by atoms with van der Waals surface area (Å²) in [5.41, 5.74) is 0.914. The minimum Gasteiger partial charge on any atom is -0.272 e. The number of carbonyl (C=O) groups is 2. The maximum atomic E-state index is 12.4. The van der Waals surface area contributed by atoms with Crippen LogP contribution in [0.2, 0.25) is 0 Å². The van der Waals surface area contributed by atoms with Crippen molar-refractivity contribution >= 4 is 40.6 Å². The highest BCUT2D eigenvalue weighted by Crippen LogP contribution is 2.52. The molecule has 4 nitrogen and oxygen atoms in total. The minimum atomic E-state index is -0.181. The minimum absolute atomic E-state index is 0.135. The van der Waals surface area contributed by atoms with E-state index >= 15 is 0 Å². The van der Waals surface area contributed by atoms with E-state index in [2.05, 4.69) is 39.8 Å². The Kier molecular flexibility index (Phi) is 2.99. The molecule has 4 atom stereocenters. The molecule has 1 aromatic rings. The Morgan fingerprint density at radius 2 is 1.71 bits per heavy atom. The normalized spacial score (nSPS) is 33.5. The summed E-state index contributed by atoms with van der Waals surface area (Å²) in [6.45, 7) is 0. The van der Waals surface area contributed by atoms with Crippen molar-refractivity contribution in [3.8, 4) is 0 Å². The fraction of sp³-hybridized carbons (Fsp3) is 0.312. The predicted molar refractivity (Wildman–Crippen MR) is 86.3 cm³/mol. The van der Waals surface area contributed by atoms with Crippen LogP contribution in [0.1, 0.15) is 12.0 Å². The monoisotopic (exact) mass is 392 g/mol. The highest BCUT2D eigenvalue weighted by atomic mass is 127. The van der Waals surface area contributed by atoms with Crippen LogP contribution < -0.4 is 0 Å². The summed E-state index contributed by atoms with van der Waals surface area (Å²) >= 11 is 2.21. The Labute approximate surface area is 136 Å². The molecule has 0 radical (unpaired) electrons. The fourth-order valence-corrected chi connectivity index (χ4v) is 4.23. The second kappa shape index (κ2) is 4.76. The maximum absolute atomic E-state index is 12.4.